The molecule has 0 aliphatic carbocycles. The molecular weight excluding hydrogens is 252 g/mol. The Morgan fingerprint density at radius 1 is 1.42 bits per heavy atom. The third-order valence-corrected chi connectivity index (χ3v) is 2.39. The van der Waals surface area contributed by atoms with E-state index in [2.05, 4.69) is 4.99 Å². The van der Waals surface area contributed by atoms with Crippen molar-refractivity contribution in [3.05, 3.63) is 0 Å². The van der Waals surface area contributed by atoms with Gasteiger partial charge in [0.05, 0.1) is 0 Å². The number of nitrogens with zero attached hydrogens (tertiary/aromatic N) is 1. The summed E-state index contributed by atoms with van der Waals surface area (Å²) in [6.07, 6.45) is 1.92. The molecule has 19 heavy (non-hydrogen) atoms. The Balaban J connectivity index is 5.50. The molecule has 0 aliphatic rings. The molecule has 0 radical (unpaired) electrons. The number of hydrogen-bond acceptors (Lipinski definition) is 6. The van der Waals surface area contributed by atoms with Crippen LogP contribution in [0.3, 0.4) is 0 Å². The Morgan fingerprint density at radius 3 is 2.26 bits per heavy atom. The Bertz CT molecular complexity index is 395. The summed E-state index contributed by atoms with van der Waals surface area (Å²) in [5, 5.41) is 9.21. The van der Waals surface area contributed by atoms with Gasteiger partial charge in [-0.1, -0.05) is 13.3 Å². The maximum Gasteiger partial charge on any atom is 0.340 e. The van der Waals surface area contributed by atoms with Gasteiger partial charge in [-0.15, -0.1) is 0 Å². The van der Waals surface area contributed by atoms with E-state index in [1.54, 1.807) is 27.7 Å². The number of rotatable bonds is 6. The molecule has 0 spiro atoms. The van der Waals surface area contributed by atoms with Gasteiger partial charge in [-0.25, -0.2) is 14.4 Å². The Labute approximate surface area is 111 Å². The van der Waals surface area contributed by atoms with Crippen molar-refractivity contribution in [3.63, 3.8) is 0 Å². The van der Waals surface area contributed by atoms with Crippen molar-refractivity contribution in [1.82, 2.24) is 0 Å². The highest BCUT2D eigenvalue weighted by molar-refractivity contribution is 6.05. The zero-order chi connectivity index (χ0) is 15.3. The number of ether oxygens (including phenoxy) is 1. The van der Waals surface area contributed by atoms with Gasteiger partial charge in [0, 0.05) is 0 Å². The molecule has 7 heteroatoms. The highest BCUT2D eigenvalue weighted by Gasteiger charge is 2.52. The average Bonchev–Trinajstić information content (AvgIpc) is 2.25. The number of aliphatic carboxylic acids is 1. The van der Waals surface area contributed by atoms with Crippen LogP contribution in [-0.4, -0.2) is 40.3 Å². The van der Waals surface area contributed by atoms with E-state index in [-0.39, 0.29) is 6.42 Å². The van der Waals surface area contributed by atoms with E-state index < -0.39 is 29.1 Å². The van der Waals surface area contributed by atoms with E-state index in [0.29, 0.717) is 6.42 Å². The minimum Gasteiger partial charge on any atom is -0.479 e. The molecule has 2 atom stereocenters. The van der Waals surface area contributed by atoms with Crippen LogP contribution in [0.15, 0.2) is 4.99 Å². The van der Waals surface area contributed by atoms with Crippen molar-refractivity contribution in [2.45, 2.75) is 57.7 Å². The molecule has 3 N–H and O–H groups in total. The van der Waals surface area contributed by atoms with Crippen molar-refractivity contribution in [2.75, 3.05) is 0 Å². The molecule has 0 saturated heterocycles. The van der Waals surface area contributed by atoms with E-state index in [9.17, 15) is 19.5 Å². The van der Waals surface area contributed by atoms with Crippen LogP contribution in [0.25, 0.3) is 0 Å². The third kappa shape index (κ3) is 4.46. The number of aliphatic imine (C=N–C) groups is 1. The quantitative estimate of drug-likeness (QED) is 0.316. The minimum absolute atomic E-state index is 0.164. The van der Waals surface area contributed by atoms with Crippen LogP contribution >= 0.6 is 0 Å². The summed E-state index contributed by atoms with van der Waals surface area (Å²) in [6, 6.07) is -1.21. The third-order valence-electron chi connectivity index (χ3n) is 2.39. The number of isocyanates is 1. The Morgan fingerprint density at radius 2 is 1.95 bits per heavy atom. The van der Waals surface area contributed by atoms with Crippen LogP contribution in [0.5, 0.6) is 0 Å². The molecule has 0 fully saturated rings. The summed E-state index contributed by atoms with van der Waals surface area (Å²) in [6.45, 7) is 6.52. The number of carbonyl (C=O) groups is 2. The lowest BCUT2D eigenvalue weighted by Crippen LogP contribution is -2.64. The summed E-state index contributed by atoms with van der Waals surface area (Å²) < 4.78 is 5.00. The molecular formula is C12H20N2O5. The molecule has 0 aliphatic heterocycles. The summed E-state index contributed by atoms with van der Waals surface area (Å²) in [7, 11) is 0. The number of carbonyl (C=O) groups excluding carboxylic acids is 2. The van der Waals surface area contributed by atoms with Crippen LogP contribution in [0, 0.1) is 0 Å². The first-order valence-electron chi connectivity index (χ1n) is 5.92. The van der Waals surface area contributed by atoms with Gasteiger partial charge in [-0.2, -0.15) is 4.99 Å². The average molecular weight is 272 g/mol. The highest BCUT2D eigenvalue weighted by atomic mass is 16.6. The predicted octanol–water partition coefficient (Wildman–Crippen LogP) is 0.615. The van der Waals surface area contributed by atoms with Gasteiger partial charge in [0.15, 0.2) is 0 Å². The standard InChI is InChI=1S/C12H20N2O5/c1-5-6-8(14-7-15)12(13,9(16)17)10(18)19-11(2,3)4/h8H,5-6,13H2,1-4H3,(H,16,17). The maximum atomic E-state index is 12.0. The van der Waals surface area contributed by atoms with Crippen molar-refractivity contribution in [3.8, 4) is 0 Å². The van der Waals surface area contributed by atoms with Crippen LogP contribution in [0.2, 0.25) is 0 Å². The van der Waals surface area contributed by atoms with Crippen LogP contribution in [-0.2, 0) is 19.1 Å². The molecule has 0 amide bonds. The van der Waals surface area contributed by atoms with Crippen molar-refractivity contribution < 1.29 is 24.2 Å². The fourth-order valence-corrected chi connectivity index (χ4v) is 1.46. The molecule has 7 nitrogen and oxygen atoms in total. The van der Waals surface area contributed by atoms with Gasteiger partial charge in [-0.05, 0) is 27.2 Å². The molecule has 2 unspecified atom stereocenters. The molecule has 108 valence electrons. The molecule has 0 heterocycles. The van der Waals surface area contributed by atoms with Gasteiger partial charge in [0.25, 0.3) is 0 Å². The molecule has 0 bridgehead atoms. The smallest absolute Gasteiger partial charge is 0.340 e. The number of carboxylic acids is 1. The molecule has 0 rings (SSSR count). The second-order valence-corrected chi connectivity index (χ2v) is 5.20. The normalized spacial score (nSPS) is 15.8. The zero-order valence-corrected chi connectivity index (χ0v) is 11.6. The van der Waals surface area contributed by atoms with Crippen molar-refractivity contribution in [1.29, 1.82) is 0 Å². The fraction of sp³-hybridized carbons (Fsp3) is 0.750. The Hall–Kier alpha value is -1.72. The van der Waals surface area contributed by atoms with Gasteiger partial charge >= 0.3 is 11.9 Å². The summed E-state index contributed by atoms with van der Waals surface area (Å²) in [4.78, 5) is 37.0. The van der Waals surface area contributed by atoms with Crippen molar-refractivity contribution in [2.24, 2.45) is 10.7 Å². The maximum absolute atomic E-state index is 12.0. The molecule has 0 saturated carbocycles. The van der Waals surface area contributed by atoms with Crippen LogP contribution in [0.1, 0.15) is 40.5 Å². The fourth-order valence-electron chi connectivity index (χ4n) is 1.46. The summed E-state index contributed by atoms with van der Waals surface area (Å²) in [5.74, 6) is -2.70. The first-order valence-corrected chi connectivity index (χ1v) is 5.92. The number of esters is 1. The predicted molar refractivity (Wildman–Crippen MR) is 67.2 cm³/mol. The number of nitrogens with two attached hydrogens (primary N) is 1. The van der Waals surface area contributed by atoms with Crippen molar-refractivity contribution >= 4 is 18.0 Å². The molecule has 0 aromatic heterocycles. The van der Waals surface area contributed by atoms with E-state index in [1.807, 2.05) is 0 Å². The lowest BCUT2D eigenvalue weighted by Gasteiger charge is -2.31. The zero-order valence-electron chi connectivity index (χ0n) is 11.6. The van der Waals surface area contributed by atoms with E-state index in [0.717, 1.165) is 0 Å². The lowest BCUT2D eigenvalue weighted by atomic mass is 9.88. The van der Waals surface area contributed by atoms with Gasteiger partial charge in [0.1, 0.15) is 11.6 Å². The topological polar surface area (TPSA) is 119 Å². The second kappa shape index (κ2) is 6.45. The summed E-state index contributed by atoms with van der Waals surface area (Å²) in [5.41, 5.74) is 2.38. The van der Waals surface area contributed by atoms with Gasteiger partial charge in [0.2, 0.25) is 11.6 Å². The monoisotopic (exact) mass is 272 g/mol. The van der Waals surface area contributed by atoms with E-state index in [1.165, 1.54) is 6.08 Å². The van der Waals surface area contributed by atoms with Gasteiger partial charge < -0.3 is 15.6 Å². The highest BCUT2D eigenvalue weighted by Crippen LogP contribution is 2.21. The van der Waals surface area contributed by atoms with E-state index in [4.69, 9.17) is 10.5 Å². The number of hydrogen-bond donors (Lipinski definition) is 2. The minimum atomic E-state index is -2.39. The first kappa shape index (κ1) is 17.3. The van der Waals surface area contributed by atoms with Crippen LogP contribution in [0.4, 0.5) is 0 Å². The van der Waals surface area contributed by atoms with Gasteiger partial charge in [-0.3, -0.25) is 0 Å². The van der Waals surface area contributed by atoms with E-state index >= 15 is 0 Å². The summed E-state index contributed by atoms with van der Waals surface area (Å²) >= 11 is 0. The SMILES string of the molecule is CCCC(N=C=O)C(N)(C(=O)O)C(=O)OC(C)(C)C. The first-order chi connectivity index (χ1) is 8.59. The number of carboxylic acid groups (broad SMARTS) is 1. The van der Waals surface area contributed by atoms with Crippen LogP contribution < -0.4 is 5.73 Å². The lowest BCUT2D eigenvalue weighted by molar-refractivity contribution is -0.170. The molecule has 0 aromatic carbocycles. The largest absolute Gasteiger partial charge is 0.479 e. The second-order valence-electron chi connectivity index (χ2n) is 5.20. The Kier molecular flexibility index (Phi) is 5.86. The molecule has 0 aromatic rings.